The van der Waals surface area contributed by atoms with Gasteiger partial charge in [-0.2, -0.15) is 0 Å². The molecule has 0 aliphatic rings. The average molecular weight is 1330 g/mol. The molecule has 24 nitrogen and oxygen atoms in total. The Labute approximate surface area is 564 Å². The second-order valence-electron chi connectivity index (χ2n) is 23.0. The number of carbonyl (C=O) groups excluding carboxylic acids is 8. The molecule has 0 aliphatic heterocycles. The Balaban J connectivity index is 0.928. The molecule has 0 unspecified atom stereocenters. The van der Waals surface area contributed by atoms with E-state index in [9.17, 15) is 78.0 Å². The normalized spacial score (nSPS) is 13.5. The minimum atomic E-state index is -1.78. The summed E-state index contributed by atoms with van der Waals surface area (Å²) in [6.45, 7) is 2.74. The van der Waals surface area contributed by atoms with Crippen LogP contribution in [0.4, 0.5) is 0 Å². The molecule has 8 atom stereocenters. The number of carboxylic acid groups (broad SMARTS) is 4. The Morgan fingerprint density at radius 2 is 0.510 bits per heavy atom. The van der Waals surface area contributed by atoms with Gasteiger partial charge in [-0.3, -0.25) is 47.9 Å². The third-order valence-corrected chi connectivity index (χ3v) is 15.3. The van der Waals surface area contributed by atoms with Crippen molar-refractivity contribution in [3.8, 4) is 0 Å². The van der Waals surface area contributed by atoms with Gasteiger partial charge in [-0.15, -0.1) is 0 Å². The minimum Gasteiger partial charge on any atom is -0.481 e. The summed E-state index contributed by atoms with van der Waals surface area (Å²) in [6, 6.07) is 44.5. The van der Waals surface area contributed by atoms with Crippen LogP contribution in [0.3, 0.4) is 0 Å². The Morgan fingerprint density at radius 1 is 0.286 bits per heavy atom. The first-order chi connectivity index (χ1) is 47.0. The molecule has 24 heteroatoms. The van der Waals surface area contributed by atoms with Crippen LogP contribution in [-0.4, -0.2) is 140 Å². The van der Waals surface area contributed by atoms with Crippen molar-refractivity contribution in [1.82, 2.24) is 42.5 Å². The van der Waals surface area contributed by atoms with Gasteiger partial charge in [-0.05, 0) is 82.6 Å². The van der Waals surface area contributed by atoms with Crippen molar-refractivity contribution < 1.29 is 78.0 Å². The fraction of sp³-hybridized carbons (Fsp3) is 0.216. The molecule has 0 heterocycles. The third kappa shape index (κ3) is 23.6. The number of aliphatic carboxylic acids is 4. The van der Waals surface area contributed by atoms with E-state index in [4.69, 9.17) is 0 Å². The van der Waals surface area contributed by atoms with Gasteiger partial charge in [-0.25, -0.2) is 9.59 Å². The number of rotatable bonds is 34. The van der Waals surface area contributed by atoms with Crippen molar-refractivity contribution in [2.24, 2.45) is 0 Å². The molecule has 0 saturated carbocycles. The van der Waals surface area contributed by atoms with Crippen LogP contribution in [0.25, 0.3) is 24.3 Å². The van der Waals surface area contributed by atoms with Gasteiger partial charge in [0.25, 0.3) is 11.8 Å². The van der Waals surface area contributed by atoms with Crippen molar-refractivity contribution >= 4 is 95.4 Å². The minimum absolute atomic E-state index is 0.0425. The third-order valence-electron chi connectivity index (χ3n) is 15.3. The molecule has 0 saturated heterocycles. The van der Waals surface area contributed by atoms with E-state index in [1.54, 1.807) is 170 Å². The Morgan fingerprint density at radius 3 is 0.755 bits per heavy atom. The molecule has 0 spiro atoms. The van der Waals surface area contributed by atoms with E-state index >= 15 is 0 Å². The number of hydrogen-bond acceptors (Lipinski definition) is 12. The van der Waals surface area contributed by atoms with Crippen LogP contribution in [-0.2, 0) is 73.6 Å². The predicted molar refractivity (Wildman–Crippen MR) is 363 cm³/mol. The van der Waals surface area contributed by atoms with Crippen LogP contribution < -0.4 is 42.5 Å². The number of benzene rings is 7. The zero-order chi connectivity index (χ0) is 70.7. The fourth-order valence-corrected chi connectivity index (χ4v) is 9.96. The molecule has 0 aromatic heterocycles. The van der Waals surface area contributed by atoms with Crippen LogP contribution in [0.5, 0.6) is 0 Å². The number of nitrogens with one attached hydrogen (secondary N) is 8. The van der Waals surface area contributed by atoms with Crippen molar-refractivity contribution in [3.05, 3.63) is 250 Å². The summed E-state index contributed by atoms with van der Waals surface area (Å²) in [4.78, 5) is 156. The summed E-state index contributed by atoms with van der Waals surface area (Å²) in [5.74, 6) is -12.2. The molecule has 7 aromatic carbocycles. The maximum absolute atomic E-state index is 13.9. The molecule has 7 aromatic rings. The van der Waals surface area contributed by atoms with Gasteiger partial charge in [0.2, 0.25) is 35.4 Å². The highest BCUT2D eigenvalue weighted by Crippen LogP contribution is 2.17. The number of carbonyl (C=O) groups is 12. The Hall–Kier alpha value is -12.3. The lowest BCUT2D eigenvalue weighted by molar-refractivity contribution is -0.147. The van der Waals surface area contributed by atoms with Gasteiger partial charge in [-0.1, -0.05) is 194 Å². The molecule has 0 fully saturated rings. The van der Waals surface area contributed by atoms with Gasteiger partial charge < -0.3 is 63.0 Å². The molecule has 8 amide bonds. The lowest BCUT2D eigenvalue weighted by Crippen LogP contribution is -2.57. The maximum atomic E-state index is 13.9. The highest BCUT2D eigenvalue weighted by molar-refractivity contribution is 6.01. The van der Waals surface area contributed by atoms with Crippen LogP contribution >= 0.6 is 0 Å². The van der Waals surface area contributed by atoms with Crippen molar-refractivity contribution in [3.63, 3.8) is 0 Å². The quantitative estimate of drug-likeness (QED) is 0.0229. The van der Waals surface area contributed by atoms with Crippen LogP contribution in [0, 0.1) is 0 Å². The van der Waals surface area contributed by atoms with Gasteiger partial charge in [0.05, 0.1) is 12.8 Å². The molecule has 0 aliphatic carbocycles. The summed E-state index contributed by atoms with van der Waals surface area (Å²) in [7, 11) is 0. The van der Waals surface area contributed by atoms with Gasteiger partial charge >= 0.3 is 23.9 Å². The Bertz CT molecular complexity index is 3750. The summed E-state index contributed by atoms with van der Waals surface area (Å²) >= 11 is 0. The van der Waals surface area contributed by atoms with E-state index in [-0.39, 0.29) is 36.8 Å². The molecule has 98 heavy (non-hydrogen) atoms. The summed E-state index contributed by atoms with van der Waals surface area (Å²) in [5, 5.41) is 57.8. The van der Waals surface area contributed by atoms with E-state index in [0.717, 1.165) is 22.3 Å². The van der Waals surface area contributed by atoms with E-state index in [2.05, 4.69) is 42.5 Å². The monoisotopic (exact) mass is 1330 g/mol. The van der Waals surface area contributed by atoms with Crippen LogP contribution in [0.15, 0.2) is 194 Å². The standard InChI is InChI=1S/C74H74N8O16/c1-45(65(87)77-59(41-53-19-11-5-12-20-53)71(93)81-61(73(95)96)43-63(83)84)75-69(91)57(39-51-15-7-3-8-16-51)79-67(89)55-35-31-49(32-36-55)29-27-47-23-25-48(26-24-47)28-30-50-33-37-56(38-34-50)68(90)80-58(40-52-17-9-4-10-18-52)70(92)76-46(2)66(88)78-60(42-54-21-13-6-14-22-54)72(94)82-62(74(97)98)44-64(85)86/h3-38,45-46,57-62H,39-44H2,1-2H3,(H,75,91)(H,76,92)(H,77,87)(H,78,88)(H,79,89)(H,80,90)(H,81,93)(H,82,94)(H,83,84)(H,85,86)(H,95,96)(H,97,98)/b29-27+,30-28+/t45-,46-,57-,58-,59-,60-,61-,62-/m0/s1. The van der Waals surface area contributed by atoms with E-state index < -0.39 is 132 Å². The molecule has 0 radical (unpaired) electrons. The van der Waals surface area contributed by atoms with Crippen molar-refractivity contribution in [2.75, 3.05) is 0 Å². The van der Waals surface area contributed by atoms with E-state index in [1.165, 1.54) is 13.8 Å². The lowest BCUT2D eigenvalue weighted by atomic mass is 10.0. The highest BCUT2D eigenvalue weighted by atomic mass is 16.4. The zero-order valence-electron chi connectivity index (χ0n) is 53.3. The molecule has 7 rings (SSSR count). The van der Waals surface area contributed by atoms with Crippen LogP contribution in [0.2, 0.25) is 0 Å². The second-order valence-corrected chi connectivity index (χ2v) is 23.0. The zero-order valence-corrected chi connectivity index (χ0v) is 53.3. The average Bonchev–Trinajstić information content (AvgIpc) is 0.893. The maximum Gasteiger partial charge on any atom is 0.326 e. The van der Waals surface area contributed by atoms with Crippen molar-refractivity contribution in [2.45, 2.75) is 101 Å². The largest absolute Gasteiger partial charge is 0.481 e. The van der Waals surface area contributed by atoms with Gasteiger partial charge in [0.1, 0.15) is 48.3 Å². The highest BCUT2D eigenvalue weighted by Gasteiger charge is 2.34. The molecule has 12 N–H and O–H groups in total. The van der Waals surface area contributed by atoms with Gasteiger partial charge in [0.15, 0.2) is 0 Å². The van der Waals surface area contributed by atoms with E-state index in [1.807, 2.05) is 48.6 Å². The summed E-state index contributed by atoms with van der Waals surface area (Å²) < 4.78 is 0. The first-order valence-corrected chi connectivity index (χ1v) is 31.1. The predicted octanol–water partition coefficient (Wildman–Crippen LogP) is 5.26. The van der Waals surface area contributed by atoms with Crippen LogP contribution in [0.1, 0.15) is 91.9 Å². The molecule has 0 bridgehead atoms. The van der Waals surface area contributed by atoms with Crippen molar-refractivity contribution in [1.29, 1.82) is 0 Å². The molecular formula is C74H74N8O16. The lowest BCUT2D eigenvalue weighted by Gasteiger charge is -2.24. The molecular weight excluding hydrogens is 1260 g/mol. The first kappa shape index (κ1) is 73.1. The smallest absolute Gasteiger partial charge is 0.326 e. The Kier molecular flexibility index (Phi) is 27.1. The molecule has 506 valence electrons. The fourth-order valence-electron chi connectivity index (χ4n) is 9.96. The summed E-state index contributed by atoms with van der Waals surface area (Å²) in [6.07, 6.45) is 5.56. The number of hydrogen-bond donors (Lipinski definition) is 12. The van der Waals surface area contributed by atoms with Gasteiger partial charge in [0, 0.05) is 36.8 Å². The SMILES string of the molecule is C[C@H](NC(=O)[C@H](Cc1ccccc1)NC(=O)c1ccc(/C=C/c2ccc(/C=C/c3ccc(C(=O)N[C@@H](Cc4ccccc4)C(=O)N[C@@H](C)C(=O)N[C@@H](Cc4ccccc4)C(=O)N[C@@H](CC(=O)O)C(=O)O)cc3)cc2)cc1)C(=O)N[C@@H](Cc1ccccc1)C(=O)N[C@@H](CC(=O)O)C(=O)O. The van der Waals surface area contributed by atoms with E-state index in [0.29, 0.717) is 22.3 Å². The topological polar surface area (TPSA) is 382 Å². The number of carboxylic acids is 4. The second kappa shape index (κ2) is 36.4. The first-order valence-electron chi connectivity index (χ1n) is 31.1. The number of amides is 8. The summed E-state index contributed by atoms with van der Waals surface area (Å²) in [5.41, 5.74) is 6.34.